The monoisotopic (exact) mass is 436 g/mol. The molecule has 0 aliphatic carbocycles. The van der Waals surface area contributed by atoms with Crippen molar-refractivity contribution >= 4 is 33.6 Å². The fourth-order valence-corrected chi connectivity index (χ4v) is 2.81. The van der Waals surface area contributed by atoms with Gasteiger partial charge in [-0.15, -0.1) is 10.2 Å². The van der Waals surface area contributed by atoms with Gasteiger partial charge in [0, 0.05) is 35.3 Å². The minimum absolute atomic E-state index is 0.00724. The molecule has 9 heteroatoms. The molecule has 1 amide bonds. The lowest BCUT2D eigenvalue weighted by atomic mass is 10.2. The maximum Gasteiger partial charge on any atom is 0.387 e. The molecule has 27 heavy (non-hydrogen) atoms. The first-order chi connectivity index (χ1) is 13.0. The number of rotatable bonds is 7. The molecule has 0 spiro atoms. The fourth-order valence-electron chi connectivity index (χ4n) is 2.44. The number of nitrogens with zero attached hydrogens (tertiary/aromatic N) is 3. The minimum atomic E-state index is -2.94. The molecule has 0 saturated carbocycles. The van der Waals surface area contributed by atoms with Crippen molar-refractivity contribution in [1.29, 1.82) is 0 Å². The quantitative estimate of drug-likeness (QED) is 0.575. The van der Waals surface area contributed by atoms with E-state index in [1.54, 1.807) is 12.1 Å². The van der Waals surface area contributed by atoms with Gasteiger partial charge in [-0.3, -0.25) is 9.20 Å². The van der Waals surface area contributed by atoms with Crippen molar-refractivity contribution in [3.63, 3.8) is 0 Å². The van der Waals surface area contributed by atoms with Crippen LogP contribution in [0, 0.1) is 0 Å². The molecule has 0 aliphatic heterocycles. The van der Waals surface area contributed by atoms with E-state index in [0.29, 0.717) is 23.0 Å². The Kier molecular flexibility index (Phi) is 6.12. The number of carbonyl (C=O) groups is 1. The maximum absolute atomic E-state index is 12.5. The Labute approximate surface area is 162 Å². The standard InChI is InChI=1S/C18H15BrF2N4O2/c19-13-5-6-14(27-18(20)21)12(11-13)4-7-17(26)22-9-8-16-24-23-15-3-1-2-10-25(15)16/h1-7,10-11,18H,8-9H2,(H,22,26)/b7-4+. The Bertz CT molecular complexity index is 975. The summed E-state index contributed by atoms with van der Waals surface area (Å²) >= 11 is 3.26. The number of nitrogens with one attached hydrogen (secondary N) is 1. The van der Waals surface area contributed by atoms with Crippen molar-refractivity contribution in [2.24, 2.45) is 0 Å². The van der Waals surface area contributed by atoms with Gasteiger partial charge in [-0.1, -0.05) is 22.0 Å². The van der Waals surface area contributed by atoms with E-state index in [4.69, 9.17) is 0 Å². The van der Waals surface area contributed by atoms with Crippen LogP contribution < -0.4 is 10.1 Å². The predicted octanol–water partition coefficient (Wildman–Crippen LogP) is 3.47. The van der Waals surface area contributed by atoms with E-state index in [1.807, 2.05) is 28.8 Å². The van der Waals surface area contributed by atoms with Crippen LogP contribution in [0.3, 0.4) is 0 Å². The second-order valence-electron chi connectivity index (χ2n) is 5.48. The molecule has 2 aromatic heterocycles. The van der Waals surface area contributed by atoms with Crippen molar-refractivity contribution < 1.29 is 18.3 Å². The van der Waals surface area contributed by atoms with Gasteiger partial charge in [0.15, 0.2) is 5.65 Å². The van der Waals surface area contributed by atoms with Crippen LogP contribution in [0.15, 0.2) is 53.1 Å². The van der Waals surface area contributed by atoms with Crippen LogP contribution in [0.25, 0.3) is 11.7 Å². The summed E-state index contributed by atoms with van der Waals surface area (Å²) in [5, 5.41) is 10.8. The second-order valence-corrected chi connectivity index (χ2v) is 6.40. The predicted molar refractivity (Wildman–Crippen MR) is 99.5 cm³/mol. The third-order valence-electron chi connectivity index (χ3n) is 3.63. The summed E-state index contributed by atoms with van der Waals surface area (Å²) in [5.74, 6) is 0.369. The van der Waals surface area contributed by atoms with Gasteiger partial charge in [0.05, 0.1) is 0 Å². The number of benzene rings is 1. The fraction of sp³-hybridized carbons (Fsp3) is 0.167. The number of alkyl halides is 2. The molecule has 0 saturated heterocycles. The van der Waals surface area contributed by atoms with Crippen LogP contribution in [-0.4, -0.2) is 33.7 Å². The molecular weight excluding hydrogens is 422 g/mol. The third-order valence-corrected chi connectivity index (χ3v) is 4.13. The van der Waals surface area contributed by atoms with E-state index < -0.39 is 6.61 Å². The molecule has 6 nitrogen and oxygen atoms in total. The third kappa shape index (κ3) is 5.10. The van der Waals surface area contributed by atoms with E-state index in [2.05, 4.69) is 36.2 Å². The van der Waals surface area contributed by atoms with E-state index in [-0.39, 0.29) is 11.7 Å². The average Bonchev–Trinajstić information content (AvgIpc) is 3.05. The zero-order valence-corrected chi connectivity index (χ0v) is 15.6. The van der Waals surface area contributed by atoms with Crippen molar-refractivity contribution in [1.82, 2.24) is 19.9 Å². The van der Waals surface area contributed by atoms with Gasteiger partial charge in [-0.2, -0.15) is 8.78 Å². The highest BCUT2D eigenvalue weighted by Gasteiger charge is 2.09. The van der Waals surface area contributed by atoms with Gasteiger partial charge in [0.1, 0.15) is 11.6 Å². The Morgan fingerprint density at radius 2 is 2.15 bits per heavy atom. The maximum atomic E-state index is 12.5. The lowest BCUT2D eigenvalue weighted by Crippen LogP contribution is -2.24. The molecular formula is C18H15BrF2N4O2. The molecule has 1 N–H and O–H groups in total. The van der Waals surface area contributed by atoms with E-state index in [0.717, 1.165) is 11.5 Å². The molecule has 1 aromatic carbocycles. The molecule has 0 atom stereocenters. The summed E-state index contributed by atoms with van der Waals surface area (Å²) in [6.07, 6.45) is 5.04. The highest BCUT2D eigenvalue weighted by Crippen LogP contribution is 2.25. The van der Waals surface area contributed by atoms with Gasteiger partial charge in [0.25, 0.3) is 0 Å². The molecule has 0 aliphatic rings. The van der Waals surface area contributed by atoms with Crippen LogP contribution in [0.5, 0.6) is 5.75 Å². The van der Waals surface area contributed by atoms with E-state index in [9.17, 15) is 13.6 Å². The van der Waals surface area contributed by atoms with E-state index in [1.165, 1.54) is 18.2 Å². The zero-order chi connectivity index (χ0) is 19.2. The van der Waals surface area contributed by atoms with Gasteiger partial charge < -0.3 is 10.1 Å². The Morgan fingerprint density at radius 3 is 2.96 bits per heavy atom. The lowest BCUT2D eigenvalue weighted by molar-refractivity contribution is -0.116. The first-order valence-electron chi connectivity index (χ1n) is 8.02. The Balaban J connectivity index is 1.58. The molecule has 3 aromatic rings. The van der Waals surface area contributed by atoms with E-state index >= 15 is 0 Å². The number of halogens is 3. The van der Waals surface area contributed by atoms with Gasteiger partial charge >= 0.3 is 6.61 Å². The molecule has 3 rings (SSSR count). The smallest absolute Gasteiger partial charge is 0.387 e. The molecule has 2 heterocycles. The molecule has 0 fully saturated rings. The number of pyridine rings is 1. The van der Waals surface area contributed by atoms with Crippen molar-refractivity contribution in [2.75, 3.05) is 6.54 Å². The molecule has 140 valence electrons. The first-order valence-corrected chi connectivity index (χ1v) is 8.81. The van der Waals surface area contributed by atoms with Crippen LogP contribution in [0.1, 0.15) is 11.4 Å². The molecule has 0 bridgehead atoms. The number of aromatic nitrogens is 3. The first kappa shape index (κ1) is 19.0. The Hall–Kier alpha value is -2.81. The molecule has 0 radical (unpaired) electrons. The van der Waals surface area contributed by atoms with Gasteiger partial charge in [0.2, 0.25) is 5.91 Å². The SMILES string of the molecule is O=C(/C=C/c1cc(Br)ccc1OC(F)F)NCCc1nnc2ccccn12. The second kappa shape index (κ2) is 8.72. The molecule has 0 unspecified atom stereocenters. The average molecular weight is 437 g/mol. The number of amides is 1. The number of ether oxygens (including phenoxy) is 1. The van der Waals surface area contributed by atoms with Gasteiger partial charge in [-0.05, 0) is 36.4 Å². The van der Waals surface area contributed by atoms with Gasteiger partial charge in [-0.25, -0.2) is 0 Å². The Morgan fingerprint density at radius 1 is 1.30 bits per heavy atom. The van der Waals surface area contributed by atoms with Crippen molar-refractivity contribution in [3.05, 3.63) is 64.5 Å². The lowest BCUT2D eigenvalue weighted by Gasteiger charge is -2.08. The highest BCUT2D eigenvalue weighted by molar-refractivity contribution is 9.10. The van der Waals surface area contributed by atoms with Crippen LogP contribution in [-0.2, 0) is 11.2 Å². The summed E-state index contributed by atoms with van der Waals surface area (Å²) < 4.78 is 31.9. The number of hydrogen-bond donors (Lipinski definition) is 1. The van der Waals surface area contributed by atoms with Crippen LogP contribution >= 0.6 is 15.9 Å². The number of carbonyl (C=O) groups excluding carboxylic acids is 1. The summed E-state index contributed by atoms with van der Waals surface area (Å²) in [5.41, 5.74) is 1.10. The largest absolute Gasteiger partial charge is 0.434 e. The summed E-state index contributed by atoms with van der Waals surface area (Å²) in [7, 11) is 0. The van der Waals surface area contributed by atoms with Crippen LogP contribution in [0.2, 0.25) is 0 Å². The number of fused-ring (bicyclic) bond motifs is 1. The van der Waals surface area contributed by atoms with Crippen molar-refractivity contribution in [2.45, 2.75) is 13.0 Å². The minimum Gasteiger partial charge on any atom is -0.434 e. The summed E-state index contributed by atoms with van der Waals surface area (Å²) in [4.78, 5) is 12.0. The topological polar surface area (TPSA) is 68.5 Å². The van der Waals surface area contributed by atoms with Crippen molar-refractivity contribution in [3.8, 4) is 5.75 Å². The normalized spacial score (nSPS) is 11.4. The van der Waals surface area contributed by atoms with Crippen LogP contribution in [0.4, 0.5) is 8.78 Å². The summed E-state index contributed by atoms with van der Waals surface area (Å²) in [6.45, 7) is -2.58. The number of hydrogen-bond acceptors (Lipinski definition) is 4. The summed E-state index contributed by atoms with van der Waals surface area (Å²) in [6, 6.07) is 10.2. The highest BCUT2D eigenvalue weighted by atomic mass is 79.9. The zero-order valence-electron chi connectivity index (χ0n) is 14.0.